The number of amides is 1. The fourth-order valence-corrected chi connectivity index (χ4v) is 3.19. The molecule has 0 aromatic carbocycles. The number of hydrogen-bond donors (Lipinski definition) is 1. The molecule has 2 aliphatic heterocycles. The van der Waals surface area contributed by atoms with Gasteiger partial charge in [0, 0.05) is 10.8 Å². The molecule has 6 nitrogen and oxygen atoms in total. The Morgan fingerprint density at radius 1 is 1.59 bits per heavy atom. The minimum absolute atomic E-state index is 0.0403. The number of β-lactam (4-membered cyclic amide) rings is 1. The Balaban J connectivity index is 1.87. The van der Waals surface area contributed by atoms with Crippen molar-refractivity contribution in [3.63, 3.8) is 0 Å². The number of aromatic nitrogens is 2. The number of aliphatic carboxylic acids is 1. The minimum Gasteiger partial charge on any atom is -0.477 e. The van der Waals surface area contributed by atoms with Crippen molar-refractivity contribution < 1.29 is 14.7 Å². The summed E-state index contributed by atoms with van der Waals surface area (Å²) in [5.74, 6) is -1.36. The Bertz CT molecular complexity index is 564. The first-order chi connectivity index (χ1) is 8.18. The number of carboxylic acids is 1. The van der Waals surface area contributed by atoms with Gasteiger partial charge in [0.15, 0.2) is 0 Å². The lowest BCUT2D eigenvalue weighted by atomic mass is 10.0. The van der Waals surface area contributed by atoms with Crippen molar-refractivity contribution in [2.75, 3.05) is 0 Å². The van der Waals surface area contributed by atoms with E-state index in [0.717, 1.165) is 0 Å². The van der Waals surface area contributed by atoms with Crippen LogP contribution in [-0.4, -0.2) is 36.8 Å². The summed E-state index contributed by atoms with van der Waals surface area (Å²) in [7, 11) is 0. The van der Waals surface area contributed by atoms with Gasteiger partial charge >= 0.3 is 5.97 Å². The van der Waals surface area contributed by atoms with E-state index in [1.165, 1.54) is 33.6 Å². The van der Waals surface area contributed by atoms with Crippen molar-refractivity contribution in [2.24, 2.45) is 0 Å². The van der Waals surface area contributed by atoms with Crippen LogP contribution < -0.4 is 0 Å². The first kappa shape index (κ1) is 10.5. The predicted octanol–water partition coefficient (Wildman–Crippen LogP) is 0.763. The second-order valence-electron chi connectivity index (χ2n) is 3.40. The normalized spacial score (nSPS) is 24.6. The molecule has 3 rings (SSSR count). The minimum atomic E-state index is -1.08. The largest absolute Gasteiger partial charge is 0.477 e. The van der Waals surface area contributed by atoms with Crippen LogP contribution in [0.4, 0.5) is 0 Å². The predicted molar refractivity (Wildman–Crippen MR) is 61.8 cm³/mol. The molecule has 86 valence electrons. The quantitative estimate of drug-likeness (QED) is 0.629. The number of carboxylic acid groups (broad SMARTS) is 1. The average Bonchev–Trinajstić information content (AvgIpc) is 2.93. The summed E-state index contributed by atoms with van der Waals surface area (Å²) in [6.07, 6.45) is 1.65. The molecule has 3 heterocycles. The van der Waals surface area contributed by atoms with Gasteiger partial charge in [0.2, 0.25) is 0 Å². The lowest BCUT2D eigenvalue weighted by Gasteiger charge is -2.36. The van der Waals surface area contributed by atoms with E-state index in [2.05, 4.69) is 9.59 Å². The van der Waals surface area contributed by atoms with Crippen molar-refractivity contribution in [1.82, 2.24) is 14.5 Å². The number of carbonyl (C=O) groups excluding carboxylic acids is 1. The molecule has 8 heteroatoms. The zero-order chi connectivity index (χ0) is 12.0. The van der Waals surface area contributed by atoms with Crippen LogP contribution in [0.1, 0.15) is 5.69 Å². The van der Waals surface area contributed by atoms with Gasteiger partial charge in [-0.1, -0.05) is 4.49 Å². The summed E-state index contributed by atoms with van der Waals surface area (Å²) in [4.78, 5) is 23.9. The van der Waals surface area contributed by atoms with E-state index in [1.54, 1.807) is 11.5 Å². The first-order valence-corrected chi connectivity index (χ1v) is 6.37. The summed E-state index contributed by atoms with van der Waals surface area (Å²) < 4.78 is 3.70. The Morgan fingerprint density at radius 2 is 2.41 bits per heavy atom. The van der Waals surface area contributed by atoms with Gasteiger partial charge < -0.3 is 5.11 Å². The van der Waals surface area contributed by atoms with E-state index in [0.29, 0.717) is 11.3 Å². The van der Waals surface area contributed by atoms with Crippen LogP contribution in [0.15, 0.2) is 22.1 Å². The van der Waals surface area contributed by atoms with Gasteiger partial charge in [0.1, 0.15) is 11.1 Å². The maximum absolute atomic E-state index is 11.8. The Kier molecular flexibility index (Phi) is 2.26. The van der Waals surface area contributed by atoms with Crippen molar-refractivity contribution in [3.8, 4) is 0 Å². The maximum atomic E-state index is 11.8. The first-order valence-electron chi connectivity index (χ1n) is 4.59. The highest BCUT2D eigenvalue weighted by atomic mass is 32.2. The lowest BCUT2D eigenvalue weighted by molar-refractivity contribution is -0.141. The van der Waals surface area contributed by atoms with Gasteiger partial charge in [-0.25, -0.2) is 4.79 Å². The van der Waals surface area contributed by atoms with Gasteiger partial charge in [-0.2, -0.15) is 0 Å². The lowest BCUT2D eigenvalue weighted by Crippen LogP contribution is -2.51. The molecule has 1 amide bonds. The van der Waals surface area contributed by atoms with E-state index in [-0.39, 0.29) is 17.0 Å². The molecule has 0 spiro atoms. The molecule has 2 aliphatic rings. The van der Waals surface area contributed by atoms with E-state index >= 15 is 0 Å². The number of hydrogen-bond acceptors (Lipinski definition) is 6. The van der Waals surface area contributed by atoms with Crippen LogP contribution in [0, 0.1) is 0 Å². The SMILES string of the molecule is O=C(O)C1=CS[C@@H]2/C(=C/c3csnn3)C(=O)N12. The van der Waals surface area contributed by atoms with Crippen molar-refractivity contribution in [2.45, 2.75) is 5.37 Å². The zero-order valence-electron chi connectivity index (χ0n) is 8.23. The smallest absolute Gasteiger partial charge is 0.353 e. The molecular formula is C9H5N3O3S2. The van der Waals surface area contributed by atoms with E-state index in [1.807, 2.05) is 0 Å². The van der Waals surface area contributed by atoms with Crippen LogP contribution in [0.2, 0.25) is 0 Å². The standard InChI is InChI=1S/C9H5N3O3S2/c13-7-5(1-4-2-17-11-10-4)8-12(7)6(3-16-8)9(14)15/h1-3,8H,(H,14,15)/b5-1+/t8-/m1/s1. The molecule has 1 N–H and O–H groups in total. The molecule has 1 atom stereocenters. The maximum Gasteiger partial charge on any atom is 0.353 e. The van der Waals surface area contributed by atoms with E-state index in [4.69, 9.17) is 5.11 Å². The number of thioether (sulfide) groups is 1. The molecule has 17 heavy (non-hydrogen) atoms. The summed E-state index contributed by atoms with van der Waals surface area (Å²) in [5, 5.41) is 15.7. The van der Waals surface area contributed by atoms with Crippen molar-refractivity contribution in [3.05, 3.63) is 27.8 Å². The third-order valence-corrected chi connectivity index (χ3v) is 4.04. The molecule has 0 aliphatic carbocycles. The van der Waals surface area contributed by atoms with Gasteiger partial charge in [-0.3, -0.25) is 9.69 Å². The highest BCUT2D eigenvalue weighted by molar-refractivity contribution is 8.03. The van der Waals surface area contributed by atoms with Gasteiger partial charge in [0.05, 0.1) is 11.3 Å². The molecule has 1 fully saturated rings. The second kappa shape index (κ2) is 3.67. The fourth-order valence-electron chi connectivity index (χ4n) is 1.66. The van der Waals surface area contributed by atoms with Gasteiger partial charge in [-0.05, 0) is 17.6 Å². The molecule has 0 bridgehead atoms. The van der Waals surface area contributed by atoms with Crippen LogP contribution >= 0.6 is 23.3 Å². The number of carbonyl (C=O) groups is 2. The molecule has 1 aromatic rings. The van der Waals surface area contributed by atoms with Gasteiger partial charge in [0.25, 0.3) is 5.91 Å². The second-order valence-corrected chi connectivity index (χ2v) is 4.97. The number of nitrogens with zero attached hydrogens (tertiary/aromatic N) is 3. The van der Waals surface area contributed by atoms with Crippen LogP contribution in [0.25, 0.3) is 6.08 Å². The third kappa shape index (κ3) is 1.48. The van der Waals surface area contributed by atoms with Crippen LogP contribution in [0.3, 0.4) is 0 Å². The van der Waals surface area contributed by atoms with Crippen molar-refractivity contribution in [1.29, 1.82) is 0 Å². The monoisotopic (exact) mass is 267 g/mol. The molecule has 0 saturated carbocycles. The third-order valence-electron chi connectivity index (χ3n) is 2.43. The molecule has 1 aromatic heterocycles. The van der Waals surface area contributed by atoms with Crippen LogP contribution in [0.5, 0.6) is 0 Å². The fraction of sp³-hybridized carbons (Fsp3) is 0.111. The van der Waals surface area contributed by atoms with Crippen LogP contribution in [-0.2, 0) is 9.59 Å². The topological polar surface area (TPSA) is 83.4 Å². The Labute approximate surface area is 104 Å². The molecule has 0 radical (unpaired) electrons. The highest BCUT2D eigenvalue weighted by Gasteiger charge is 2.49. The molecule has 1 saturated heterocycles. The summed E-state index contributed by atoms with van der Waals surface area (Å²) in [5.41, 5.74) is 1.23. The zero-order valence-corrected chi connectivity index (χ0v) is 9.86. The number of fused-ring (bicyclic) bond motifs is 1. The average molecular weight is 267 g/mol. The van der Waals surface area contributed by atoms with Gasteiger partial charge in [-0.15, -0.1) is 16.9 Å². The summed E-state index contributed by atoms with van der Waals surface area (Å²) in [6.45, 7) is 0. The Hall–Kier alpha value is -1.67. The Morgan fingerprint density at radius 3 is 3.06 bits per heavy atom. The van der Waals surface area contributed by atoms with Crippen molar-refractivity contribution >= 4 is 41.2 Å². The van der Waals surface area contributed by atoms with E-state index < -0.39 is 5.97 Å². The van der Waals surface area contributed by atoms with E-state index in [9.17, 15) is 9.59 Å². The molecule has 0 unspecified atom stereocenters. The molecular weight excluding hydrogens is 262 g/mol. The summed E-state index contributed by atoms with van der Waals surface area (Å²) >= 11 is 2.51. The summed E-state index contributed by atoms with van der Waals surface area (Å²) in [6, 6.07) is 0. The number of rotatable bonds is 2. The highest BCUT2D eigenvalue weighted by Crippen LogP contribution is 2.44.